The molecule has 0 bridgehead atoms. The van der Waals surface area contributed by atoms with Gasteiger partial charge in [-0.15, -0.1) is 0 Å². The quantitative estimate of drug-likeness (QED) is 0.185. The van der Waals surface area contributed by atoms with Gasteiger partial charge in [-0.2, -0.15) is 5.10 Å². The van der Waals surface area contributed by atoms with E-state index in [9.17, 15) is 4.79 Å². The molecule has 2 atom stereocenters. The van der Waals surface area contributed by atoms with Crippen LogP contribution in [0.5, 0.6) is 0 Å². The summed E-state index contributed by atoms with van der Waals surface area (Å²) in [4.78, 5) is 13.1. The Balaban J connectivity index is 0.00000175. The fraction of sp³-hybridized carbons (Fsp3) is 0.268. The topological polar surface area (TPSA) is 46.4 Å². The molecule has 1 N–H and O–H groups in total. The Bertz CT molecular complexity index is 1860. The summed E-state index contributed by atoms with van der Waals surface area (Å²) in [6, 6.07) is 31.5. The molecule has 2 unspecified atom stereocenters. The van der Waals surface area contributed by atoms with Crippen LogP contribution in [-0.4, -0.2) is 15.5 Å². The molecule has 5 aromatic rings. The van der Waals surface area contributed by atoms with E-state index in [2.05, 4.69) is 84.4 Å². The molecule has 1 saturated carbocycles. The Kier molecular flexibility index (Phi) is 9.11. The van der Waals surface area contributed by atoms with E-state index < -0.39 is 0 Å². The van der Waals surface area contributed by atoms with Gasteiger partial charge in [0.25, 0.3) is 5.91 Å². The van der Waals surface area contributed by atoms with E-state index in [1.807, 2.05) is 62.5 Å². The van der Waals surface area contributed by atoms with Crippen LogP contribution in [0.3, 0.4) is 0 Å². The highest BCUT2D eigenvalue weighted by Crippen LogP contribution is 2.53. The van der Waals surface area contributed by atoms with Gasteiger partial charge in [-0.25, -0.2) is 4.52 Å². The van der Waals surface area contributed by atoms with Crippen molar-refractivity contribution in [3.05, 3.63) is 160 Å². The second-order valence-corrected chi connectivity index (χ2v) is 12.1. The van der Waals surface area contributed by atoms with Gasteiger partial charge < -0.3 is 5.32 Å². The lowest BCUT2D eigenvalue weighted by Crippen LogP contribution is -2.24. The number of hydrogen-bond donors (Lipinski definition) is 1. The zero-order valence-corrected chi connectivity index (χ0v) is 26.9. The van der Waals surface area contributed by atoms with Crippen LogP contribution in [0.25, 0.3) is 11.1 Å². The van der Waals surface area contributed by atoms with Crippen LogP contribution in [0.15, 0.2) is 115 Å². The van der Waals surface area contributed by atoms with Crippen molar-refractivity contribution in [1.29, 1.82) is 0 Å². The van der Waals surface area contributed by atoms with E-state index in [1.165, 1.54) is 51.0 Å². The summed E-state index contributed by atoms with van der Waals surface area (Å²) in [6.07, 6.45) is 10.5. The number of pyridine rings is 1. The van der Waals surface area contributed by atoms with Gasteiger partial charge in [0, 0.05) is 17.8 Å². The van der Waals surface area contributed by atoms with Crippen molar-refractivity contribution in [1.82, 2.24) is 14.9 Å². The van der Waals surface area contributed by atoms with Crippen LogP contribution >= 0.6 is 0 Å². The molecule has 2 aliphatic rings. The number of carbonyl (C=O) groups excluding carboxylic acids is 1. The first-order chi connectivity index (χ1) is 22.0. The maximum Gasteiger partial charge on any atom is 0.251 e. The number of aromatic nitrogens is 2. The summed E-state index contributed by atoms with van der Waals surface area (Å²) >= 11 is 0. The lowest BCUT2D eigenvalue weighted by atomic mass is 9.91. The second kappa shape index (κ2) is 13.5. The largest absolute Gasteiger partial charge is 0.348 e. The summed E-state index contributed by atoms with van der Waals surface area (Å²) in [7, 11) is 0. The molecule has 4 nitrogen and oxygen atoms in total. The smallest absolute Gasteiger partial charge is 0.251 e. The number of fused-ring (bicyclic) bond motifs is 2. The third kappa shape index (κ3) is 6.71. The fourth-order valence-electron chi connectivity index (χ4n) is 6.54. The van der Waals surface area contributed by atoms with Crippen molar-refractivity contribution in [2.75, 3.05) is 0 Å². The summed E-state index contributed by atoms with van der Waals surface area (Å²) in [5.41, 5.74) is 13.3. The number of nitrogens with zero attached hydrogens (tertiary/aromatic N) is 2. The molecule has 3 aromatic carbocycles. The van der Waals surface area contributed by atoms with Gasteiger partial charge in [0.05, 0.1) is 11.7 Å². The SMILES string of the molecule is CC.CC1=C(c2cc(CCc3ccc(CNC(=O)c4ccccc4Cc4ccccc4)cc3)n3ncc(C)c3c2)C2CC2C=C1. The average Bonchev–Trinajstić information content (AvgIpc) is 3.77. The van der Waals surface area contributed by atoms with Crippen LogP contribution in [0.2, 0.25) is 0 Å². The molecule has 45 heavy (non-hydrogen) atoms. The van der Waals surface area contributed by atoms with E-state index >= 15 is 0 Å². The van der Waals surface area contributed by atoms with Crippen LogP contribution < -0.4 is 5.32 Å². The molecule has 0 saturated heterocycles. The number of benzene rings is 3. The van der Waals surface area contributed by atoms with Crippen molar-refractivity contribution in [3.8, 4) is 0 Å². The summed E-state index contributed by atoms with van der Waals surface area (Å²) in [5, 5.41) is 7.85. The minimum absolute atomic E-state index is 0.0367. The number of aryl methyl sites for hydroxylation is 3. The first-order valence-corrected chi connectivity index (χ1v) is 16.4. The van der Waals surface area contributed by atoms with Gasteiger partial charge in [0.1, 0.15) is 0 Å². The van der Waals surface area contributed by atoms with Crippen molar-refractivity contribution in [2.45, 2.75) is 59.9 Å². The number of allylic oxidation sites excluding steroid dienone is 4. The Labute approximate surface area is 267 Å². The van der Waals surface area contributed by atoms with E-state index in [0.29, 0.717) is 12.5 Å². The van der Waals surface area contributed by atoms with Crippen molar-refractivity contribution in [2.24, 2.45) is 11.8 Å². The first kappa shape index (κ1) is 30.3. The molecule has 0 aliphatic heterocycles. The third-order valence-electron chi connectivity index (χ3n) is 9.07. The number of hydrogen-bond acceptors (Lipinski definition) is 2. The highest BCUT2D eigenvalue weighted by molar-refractivity contribution is 5.95. The zero-order valence-electron chi connectivity index (χ0n) is 26.9. The predicted molar refractivity (Wildman–Crippen MR) is 185 cm³/mol. The molecule has 2 heterocycles. The average molecular weight is 594 g/mol. The molecule has 4 heteroatoms. The Morgan fingerprint density at radius 2 is 1.60 bits per heavy atom. The number of carbonyl (C=O) groups is 1. The highest BCUT2D eigenvalue weighted by Gasteiger charge is 2.41. The minimum atomic E-state index is -0.0367. The van der Waals surface area contributed by atoms with Crippen molar-refractivity contribution in [3.63, 3.8) is 0 Å². The van der Waals surface area contributed by atoms with Crippen molar-refractivity contribution < 1.29 is 4.79 Å². The molecule has 0 radical (unpaired) electrons. The Morgan fingerprint density at radius 3 is 2.40 bits per heavy atom. The Morgan fingerprint density at radius 1 is 0.867 bits per heavy atom. The van der Waals surface area contributed by atoms with Gasteiger partial charge in [-0.05, 0) is 114 Å². The fourth-order valence-corrected chi connectivity index (χ4v) is 6.54. The van der Waals surface area contributed by atoms with E-state index in [4.69, 9.17) is 5.10 Å². The van der Waals surface area contributed by atoms with E-state index in [0.717, 1.165) is 41.9 Å². The maximum atomic E-state index is 13.1. The highest BCUT2D eigenvalue weighted by atomic mass is 16.1. The van der Waals surface area contributed by atoms with E-state index in [-0.39, 0.29) is 5.91 Å². The van der Waals surface area contributed by atoms with Gasteiger partial charge in [0.2, 0.25) is 0 Å². The van der Waals surface area contributed by atoms with Gasteiger partial charge >= 0.3 is 0 Å². The molecule has 7 rings (SSSR count). The molecular formula is C41H43N3O. The summed E-state index contributed by atoms with van der Waals surface area (Å²) in [5.74, 6) is 1.36. The minimum Gasteiger partial charge on any atom is -0.348 e. The van der Waals surface area contributed by atoms with Gasteiger partial charge in [-0.3, -0.25) is 4.79 Å². The second-order valence-electron chi connectivity index (χ2n) is 12.1. The van der Waals surface area contributed by atoms with Crippen LogP contribution in [0.4, 0.5) is 0 Å². The molecule has 0 spiro atoms. The number of amides is 1. The molecule has 1 fully saturated rings. The van der Waals surface area contributed by atoms with Crippen LogP contribution in [0, 0.1) is 18.8 Å². The predicted octanol–water partition coefficient (Wildman–Crippen LogP) is 8.95. The zero-order chi connectivity index (χ0) is 31.3. The third-order valence-corrected chi connectivity index (χ3v) is 9.07. The maximum absolute atomic E-state index is 13.1. The first-order valence-electron chi connectivity index (χ1n) is 16.4. The lowest BCUT2D eigenvalue weighted by Gasteiger charge is -2.16. The van der Waals surface area contributed by atoms with Gasteiger partial charge in [0.15, 0.2) is 0 Å². The normalized spacial score (nSPS) is 16.6. The standard InChI is InChI=1S/C39H37N3O.C2H6/c1-26-12-18-32-22-36(32)38(26)33-21-34(42-37(23-33)27(2)24-41-42)19-17-28-13-15-30(16-14-28)25-40-39(43)35-11-7-6-10-31(35)20-29-8-4-3-5-9-29;1-2/h3-16,18,21,23-24,32,36H,17,19-20,22,25H2,1-2H3,(H,40,43);1-2H3. The molecule has 2 aromatic heterocycles. The Hall–Kier alpha value is -4.70. The van der Waals surface area contributed by atoms with Crippen LogP contribution in [-0.2, 0) is 25.8 Å². The van der Waals surface area contributed by atoms with Crippen molar-refractivity contribution >= 4 is 17.0 Å². The lowest BCUT2D eigenvalue weighted by molar-refractivity contribution is 0.0950. The molecular weight excluding hydrogens is 550 g/mol. The molecule has 1 amide bonds. The molecule has 228 valence electrons. The van der Waals surface area contributed by atoms with Gasteiger partial charge in [-0.1, -0.05) is 98.8 Å². The van der Waals surface area contributed by atoms with E-state index in [1.54, 1.807) is 0 Å². The monoisotopic (exact) mass is 593 g/mol. The van der Waals surface area contributed by atoms with Crippen LogP contribution in [0.1, 0.15) is 76.6 Å². The summed E-state index contributed by atoms with van der Waals surface area (Å²) < 4.78 is 2.12. The summed E-state index contributed by atoms with van der Waals surface area (Å²) in [6.45, 7) is 8.90. The number of nitrogens with one attached hydrogen (secondary N) is 1. The number of rotatable bonds is 9. The molecule has 2 aliphatic carbocycles.